The summed E-state index contributed by atoms with van der Waals surface area (Å²) in [7, 11) is 0. The number of thioether (sulfide) groups is 1. The van der Waals surface area contributed by atoms with Crippen LogP contribution < -0.4 is 20.1 Å². The van der Waals surface area contributed by atoms with Gasteiger partial charge in [-0.3, -0.25) is 10.1 Å². The smallest absolute Gasteiger partial charge is 0.451 e. The number of hydrogen-bond donors (Lipinski definition) is 2. The van der Waals surface area contributed by atoms with Crippen LogP contribution in [0.15, 0.2) is 47.5 Å². The van der Waals surface area contributed by atoms with Gasteiger partial charge in [-0.05, 0) is 18.2 Å². The van der Waals surface area contributed by atoms with Gasteiger partial charge >= 0.3 is 12.2 Å². The van der Waals surface area contributed by atoms with Gasteiger partial charge in [0.25, 0.3) is 0 Å². The number of halogens is 3. The Bertz CT molecular complexity index is 1190. The van der Waals surface area contributed by atoms with Crippen molar-refractivity contribution in [3.05, 3.63) is 48.3 Å². The average molecular weight is 464 g/mol. The topological polar surface area (TPSA) is 102 Å². The molecule has 1 aromatic heterocycles. The molecule has 0 unspecified atom stereocenters. The Morgan fingerprint density at radius 2 is 1.78 bits per heavy atom. The number of amides is 3. The van der Waals surface area contributed by atoms with Crippen molar-refractivity contribution in [2.24, 2.45) is 0 Å². The highest BCUT2D eigenvalue weighted by atomic mass is 32.2. The number of rotatable bonds is 4. The van der Waals surface area contributed by atoms with E-state index < -0.39 is 23.9 Å². The van der Waals surface area contributed by atoms with Crippen LogP contribution in [0.4, 0.5) is 23.7 Å². The molecule has 0 radical (unpaired) electrons. The van der Waals surface area contributed by atoms with Crippen molar-refractivity contribution in [1.29, 1.82) is 0 Å². The van der Waals surface area contributed by atoms with E-state index in [0.29, 0.717) is 35.8 Å². The van der Waals surface area contributed by atoms with E-state index in [1.807, 2.05) is 0 Å². The highest BCUT2D eigenvalue weighted by molar-refractivity contribution is 8.00. The number of urea groups is 1. The number of anilines is 1. The maximum Gasteiger partial charge on any atom is 0.451 e. The zero-order valence-electron chi connectivity index (χ0n) is 16.2. The van der Waals surface area contributed by atoms with E-state index in [4.69, 9.17) is 9.47 Å². The number of ether oxygens (including phenoxy) is 2. The molecule has 0 fully saturated rings. The quantitative estimate of drug-likeness (QED) is 0.447. The summed E-state index contributed by atoms with van der Waals surface area (Å²) >= 11 is 0.776. The first kappa shape index (κ1) is 21.7. The number of carbonyl (C=O) groups excluding carboxylic acids is 2. The van der Waals surface area contributed by atoms with E-state index >= 15 is 0 Å². The van der Waals surface area contributed by atoms with E-state index in [9.17, 15) is 22.8 Å². The van der Waals surface area contributed by atoms with Gasteiger partial charge in [-0.15, -0.1) is 0 Å². The zero-order valence-corrected chi connectivity index (χ0v) is 17.0. The summed E-state index contributed by atoms with van der Waals surface area (Å²) in [5.41, 5.74) is 0.484. The summed E-state index contributed by atoms with van der Waals surface area (Å²) in [6.45, 7) is 0.810. The molecule has 166 valence electrons. The second-order valence-electron chi connectivity index (χ2n) is 6.52. The van der Waals surface area contributed by atoms with Gasteiger partial charge in [0.05, 0.1) is 11.3 Å². The molecule has 0 saturated carbocycles. The Hall–Kier alpha value is -3.54. The number of hydrogen-bond acceptors (Lipinski definition) is 7. The maximum absolute atomic E-state index is 13.1. The number of fused-ring (bicyclic) bond motifs is 2. The highest BCUT2D eigenvalue weighted by Crippen LogP contribution is 2.33. The molecule has 4 rings (SSSR count). The summed E-state index contributed by atoms with van der Waals surface area (Å²) in [5.74, 6) is -1.32. The maximum atomic E-state index is 13.1. The first-order chi connectivity index (χ1) is 15.3. The summed E-state index contributed by atoms with van der Waals surface area (Å²) in [6.07, 6.45) is -4.73. The predicted octanol–water partition coefficient (Wildman–Crippen LogP) is 3.86. The van der Waals surface area contributed by atoms with Crippen molar-refractivity contribution in [2.45, 2.75) is 11.2 Å². The molecule has 2 aromatic carbocycles. The monoisotopic (exact) mass is 464 g/mol. The number of benzene rings is 2. The van der Waals surface area contributed by atoms with Crippen molar-refractivity contribution in [3.8, 4) is 11.5 Å². The summed E-state index contributed by atoms with van der Waals surface area (Å²) < 4.78 is 50.1. The van der Waals surface area contributed by atoms with E-state index in [-0.39, 0.29) is 16.3 Å². The molecule has 2 N–H and O–H groups in total. The Kier molecular flexibility index (Phi) is 6.04. The standard InChI is InChI=1S/C20H15F3N4O4S/c21-20(22,23)18-25-13-4-2-1-3-12(13)17(27-18)32-10-16(28)26-19(29)24-11-5-6-14-15(9-11)31-8-7-30-14/h1-6,9H,7-8,10H2,(H2,24,26,28,29). The van der Waals surface area contributed by atoms with Crippen molar-refractivity contribution >= 4 is 40.3 Å². The van der Waals surface area contributed by atoms with Gasteiger partial charge in [-0.2, -0.15) is 13.2 Å². The molecule has 32 heavy (non-hydrogen) atoms. The number of imide groups is 1. The first-order valence-corrected chi connectivity index (χ1v) is 10.3. The minimum Gasteiger partial charge on any atom is -0.486 e. The molecule has 3 amide bonds. The molecule has 1 aliphatic rings. The molecule has 2 heterocycles. The van der Waals surface area contributed by atoms with Crippen molar-refractivity contribution in [1.82, 2.24) is 15.3 Å². The van der Waals surface area contributed by atoms with E-state index in [2.05, 4.69) is 20.6 Å². The van der Waals surface area contributed by atoms with Crippen LogP contribution in [-0.2, 0) is 11.0 Å². The summed E-state index contributed by atoms with van der Waals surface area (Å²) in [6, 6.07) is 10.1. The van der Waals surface area contributed by atoms with E-state index in [1.165, 1.54) is 6.07 Å². The van der Waals surface area contributed by atoms with Gasteiger partial charge in [0.15, 0.2) is 11.5 Å². The largest absolute Gasteiger partial charge is 0.486 e. The van der Waals surface area contributed by atoms with Gasteiger partial charge in [0, 0.05) is 17.1 Å². The van der Waals surface area contributed by atoms with Gasteiger partial charge in [0.2, 0.25) is 11.7 Å². The van der Waals surface area contributed by atoms with Crippen LogP contribution in [-0.4, -0.2) is 40.9 Å². The Morgan fingerprint density at radius 3 is 2.56 bits per heavy atom. The molecular formula is C20H15F3N4O4S. The molecule has 0 aliphatic carbocycles. The van der Waals surface area contributed by atoms with Gasteiger partial charge in [0.1, 0.15) is 18.2 Å². The number of nitrogens with one attached hydrogen (secondary N) is 2. The summed E-state index contributed by atoms with van der Waals surface area (Å²) in [4.78, 5) is 31.3. The number of alkyl halides is 3. The zero-order chi connectivity index (χ0) is 22.7. The molecule has 0 spiro atoms. The Balaban J connectivity index is 1.39. The van der Waals surface area contributed by atoms with Crippen molar-refractivity contribution in [3.63, 3.8) is 0 Å². The fourth-order valence-electron chi connectivity index (χ4n) is 2.86. The number of carbonyl (C=O) groups is 2. The highest BCUT2D eigenvalue weighted by Gasteiger charge is 2.35. The lowest BCUT2D eigenvalue weighted by Gasteiger charge is -2.19. The predicted molar refractivity (Wildman–Crippen MR) is 110 cm³/mol. The lowest BCUT2D eigenvalue weighted by molar-refractivity contribution is -0.145. The van der Waals surface area contributed by atoms with Crippen LogP contribution in [0.1, 0.15) is 5.82 Å². The molecule has 8 nitrogen and oxygen atoms in total. The van der Waals surface area contributed by atoms with Gasteiger partial charge in [-0.25, -0.2) is 14.8 Å². The first-order valence-electron chi connectivity index (χ1n) is 9.27. The Morgan fingerprint density at radius 1 is 1.03 bits per heavy atom. The lowest BCUT2D eigenvalue weighted by atomic mass is 10.2. The minimum atomic E-state index is -4.73. The van der Waals surface area contributed by atoms with E-state index in [1.54, 1.807) is 36.4 Å². The third-order valence-electron chi connectivity index (χ3n) is 4.21. The van der Waals surface area contributed by atoms with Crippen LogP contribution in [0, 0.1) is 0 Å². The van der Waals surface area contributed by atoms with Crippen LogP contribution in [0.2, 0.25) is 0 Å². The van der Waals surface area contributed by atoms with Crippen molar-refractivity contribution < 1.29 is 32.2 Å². The molecule has 3 aromatic rings. The van der Waals surface area contributed by atoms with Crippen LogP contribution in [0.5, 0.6) is 11.5 Å². The average Bonchev–Trinajstić information content (AvgIpc) is 2.76. The second kappa shape index (κ2) is 8.91. The van der Waals surface area contributed by atoms with Crippen LogP contribution in [0.25, 0.3) is 10.9 Å². The number of nitrogens with zero attached hydrogens (tertiary/aromatic N) is 2. The number of aromatic nitrogens is 2. The van der Waals surface area contributed by atoms with Crippen LogP contribution in [0.3, 0.4) is 0 Å². The van der Waals surface area contributed by atoms with Crippen LogP contribution >= 0.6 is 11.8 Å². The molecular weight excluding hydrogens is 449 g/mol. The van der Waals surface area contributed by atoms with E-state index in [0.717, 1.165) is 11.8 Å². The fourth-order valence-corrected chi connectivity index (χ4v) is 3.68. The molecule has 0 bridgehead atoms. The minimum absolute atomic E-state index is 0.00896. The normalized spacial score (nSPS) is 13.0. The van der Waals surface area contributed by atoms with Gasteiger partial charge < -0.3 is 14.8 Å². The lowest BCUT2D eigenvalue weighted by Crippen LogP contribution is -2.35. The SMILES string of the molecule is O=C(CSc1nc(C(F)(F)F)nc2ccccc12)NC(=O)Nc1ccc2c(c1)OCCO2. The third-order valence-corrected chi connectivity index (χ3v) is 5.21. The fraction of sp³-hybridized carbons (Fsp3) is 0.200. The second-order valence-corrected chi connectivity index (χ2v) is 7.48. The molecule has 0 atom stereocenters. The summed E-state index contributed by atoms with van der Waals surface area (Å²) in [5, 5.41) is 4.98. The third kappa shape index (κ3) is 5.02. The molecule has 0 saturated heterocycles. The number of para-hydroxylation sites is 1. The van der Waals surface area contributed by atoms with Crippen molar-refractivity contribution in [2.75, 3.05) is 24.3 Å². The Labute approximate surface area is 183 Å². The van der Waals surface area contributed by atoms with Gasteiger partial charge in [-0.1, -0.05) is 30.0 Å². The molecule has 1 aliphatic heterocycles. The molecule has 12 heteroatoms.